The molecule has 184 valence electrons. The topological polar surface area (TPSA) is 214 Å². The van der Waals surface area contributed by atoms with Crippen LogP contribution in [0.5, 0.6) is 0 Å². The lowest BCUT2D eigenvalue weighted by molar-refractivity contribution is -0.142. The number of carboxylic acid groups (broad SMARTS) is 1. The predicted octanol–water partition coefficient (Wildman–Crippen LogP) is -2.09. The quantitative estimate of drug-likeness (QED) is 0.129. The van der Waals surface area contributed by atoms with Crippen molar-refractivity contribution < 1.29 is 34.2 Å². The second kappa shape index (κ2) is 15.4. The number of thioether (sulfide) groups is 1. The molecule has 0 saturated carbocycles. The number of hydrogen-bond acceptors (Lipinski definition) is 8. The Kier molecular flexibility index (Phi) is 14.3. The van der Waals surface area contributed by atoms with E-state index < -0.39 is 60.4 Å². The van der Waals surface area contributed by atoms with Crippen molar-refractivity contribution in [3.05, 3.63) is 0 Å². The number of primary amides is 1. The maximum absolute atomic E-state index is 12.7. The molecule has 0 aliphatic heterocycles. The standard InChI is InChI=1S/C19H35N5O7S/c1-10(2)8-11(20)16(27)22-12(4-5-15(21)26)17(28)24-14(9-25)18(29)23-13(19(30)31)6-7-32-3/h10-14,25H,4-9,20H2,1-3H3,(H2,21,26)(H,22,27)(H,23,29)(H,24,28)(H,30,31). The smallest absolute Gasteiger partial charge is 0.326 e. The zero-order chi connectivity index (χ0) is 24.8. The number of carbonyl (C=O) groups excluding carboxylic acids is 4. The molecule has 4 unspecified atom stereocenters. The highest BCUT2D eigenvalue weighted by atomic mass is 32.2. The highest BCUT2D eigenvalue weighted by Crippen LogP contribution is 2.06. The summed E-state index contributed by atoms with van der Waals surface area (Å²) >= 11 is 1.40. The Bertz CT molecular complexity index is 662. The van der Waals surface area contributed by atoms with Crippen LogP contribution < -0.4 is 27.4 Å². The van der Waals surface area contributed by atoms with E-state index in [1.54, 1.807) is 6.26 Å². The number of hydrogen-bond donors (Lipinski definition) is 7. The number of carbonyl (C=O) groups is 5. The van der Waals surface area contributed by atoms with E-state index in [-0.39, 0.29) is 25.2 Å². The number of rotatable bonds is 16. The predicted molar refractivity (Wildman–Crippen MR) is 119 cm³/mol. The number of nitrogens with two attached hydrogens (primary N) is 2. The van der Waals surface area contributed by atoms with Gasteiger partial charge in [0.05, 0.1) is 12.6 Å². The number of aliphatic hydroxyl groups is 1. The van der Waals surface area contributed by atoms with E-state index in [2.05, 4.69) is 16.0 Å². The molecule has 0 bridgehead atoms. The van der Waals surface area contributed by atoms with Crippen LogP contribution in [0.15, 0.2) is 0 Å². The molecule has 13 heteroatoms. The third-order valence-corrected chi connectivity index (χ3v) is 5.06. The molecule has 0 radical (unpaired) electrons. The first-order valence-corrected chi connectivity index (χ1v) is 11.6. The third kappa shape index (κ3) is 11.9. The van der Waals surface area contributed by atoms with Gasteiger partial charge < -0.3 is 37.6 Å². The van der Waals surface area contributed by atoms with Gasteiger partial charge in [-0.25, -0.2) is 4.79 Å². The van der Waals surface area contributed by atoms with Gasteiger partial charge in [-0.1, -0.05) is 13.8 Å². The van der Waals surface area contributed by atoms with Crippen molar-refractivity contribution in [1.82, 2.24) is 16.0 Å². The zero-order valence-corrected chi connectivity index (χ0v) is 19.4. The number of aliphatic hydroxyl groups excluding tert-OH is 1. The molecule has 0 rings (SSSR count). The van der Waals surface area contributed by atoms with Crippen LogP contribution in [0.3, 0.4) is 0 Å². The molecule has 0 aromatic heterocycles. The Balaban J connectivity index is 5.25. The van der Waals surface area contributed by atoms with Crippen LogP contribution in [0.1, 0.15) is 39.5 Å². The lowest BCUT2D eigenvalue weighted by Crippen LogP contribution is -2.58. The van der Waals surface area contributed by atoms with Gasteiger partial charge in [0.25, 0.3) is 0 Å². The van der Waals surface area contributed by atoms with Crippen molar-refractivity contribution in [2.45, 2.75) is 63.7 Å². The molecule has 0 saturated heterocycles. The molecule has 0 aromatic rings. The highest BCUT2D eigenvalue weighted by Gasteiger charge is 2.30. The molecular formula is C19H35N5O7S. The molecule has 9 N–H and O–H groups in total. The molecule has 0 aliphatic rings. The van der Waals surface area contributed by atoms with Crippen LogP contribution in [0, 0.1) is 5.92 Å². The summed E-state index contributed by atoms with van der Waals surface area (Å²) in [5.74, 6) is -3.70. The minimum Gasteiger partial charge on any atom is -0.480 e. The summed E-state index contributed by atoms with van der Waals surface area (Å²) in [5.41, 5.74) is 11.0. The van der Waals surface area contributed by atoms with E-state index in [4.69, 9.17) is 11.5 Å². The fourth-order valence-electron chi connectivity index (χ4n) is 2.68. The van der Waals surface area contributed by atoms with Gasteiger partial charge in [-0.05, 0) is 37.2 Å². The molecule has 12 nitrogen and oxygen atoms in total. The van der Waals surface area contributed by atoms with Crippen molar-refractivity contribution >= 4 is 41.4 Å². The van der Waals surface area contributed by atoms with Crippen molar-refractivity contribution in [2.24, 2.45) is 17.4 Å². The van der Waals surface area contributed by atoms with Crippen LogP contribution in [0.25, 0.3) is 0 Å². The van der Waals surface area contributed by atoms with E-state index in [1.165, 1.54) is 11.8 Å². The summed E-state index contributed by atoms with van der Waals surface area (Å²) < 4.78 is 0. The first-order valence-electron chi connectivity index (χ1n) is 10.2. The van der Waals surface area contributed by atoms with Crippen molar-refractivity contribution in [2.75, 3.05) is 18.6 Å². The fourth-order valence-corrected chi connectivity index (χ4v) is 3.15. The van der Waals surface area contributed by atoms with E-state index in [0.29, 0.717) is 12.2 Å². The summed E-state index contributed by atoms with van der Waals surface area (Å²) in [7, 11) is 0. The Morgan fingerprint density at radius 1 is 0.906 bits per heavy atom. The van der Waals surface area contributed by atoms with Crippen LogP contribution >= 0.6 is 11.8 Å². The van der Waals surface area contributed by atoms with Gasteiger partial charge in [0.15, 0.2) is 0 Å². The van der Waals surface area contributed by atoms with Crippen LogP contribution in [-0.4, -0.2) is 82.6 Å². The van der Waals surface area contributed by atoms with E-state index in [1.807, 2.05) is 13.8 Å². The van der Waals surface area contributed by atoms with Crippen molar-refractivity contribution in [3.8, 4) is 0 Å². The lowest BCUT2D eigenvalue weighted by atomic mass is 10.0. The summed E-state index contributed by atoms with van der Waals surface area (Å²) in [5, 5.41) is 25.7. The SMILES string of the molecule is CSCCC(NC(=O)C(CO)NC(=O)C(CCC(N)=O)NC(=O)C(N)CC(C)C)C(=O)O. The first kappa shape index (κ1) is 29.6. The van der Waals surface area contributed by atoms with E-state index >= 15 is 0 Å². The number of amides is 4. The molecule has 0 aliphatic carbocycles. The summed E-state index contributed by atoms with van der Waals surface area (Å²) in [6.45, 7) is 2.94. The van der Waals surface area contributed by atoms with Crippen molar-refractivity contribution in [3.63, 3.8) is 0 Å². The monoisotopic (exact) mass is 477 g/mol. The largest absolute Gasteiger partial charge is 0.480 e. The number of nitrogens with one attached hydrogen (secondary N) is 3. The summed E-state index contributed by atoms with van der Waals surface area (Å²) in [6.07, 6.45) is 1.94. The summed E-state index contributed by atoms with van der Waals surface area (Å²) in [4.78, 5) is 59.8. The van der Waals surface area contributed by atoms with Gasteiger partial charge in [-0.15, -0.1) is 0 Å². The van der Waals surface area contributed by atoms with Gasteiger partial charge >= 0.3 is 5.97 Å². The van der Waals surface area contributed by atoms with Gasteiger partial charge in [-0.3, -0.25) is 19.2 Å². The summed E-state index contributed by atoms with van der Waals surface area (Å²) in [6, 6.07) is -4.78. The average molecular weight is 478 g/mol. The maximum atomic E-state index is 12.7. The van der Waals surface area contributed by atoms with Gasteiger partial charge in [-0.2, -0.15) is 11.8 Å². The van der Waals surface area contributed by atoms with Crippen molar-refractivity contribution in [1.29, 1.82) is 0 Å². The average Bonchev–Trinajstić information content (AvgIpc) is 2.70. The van der Waals surface area contributed by atoms with E-state index in [0.717, 1.165) is 0 Å². The Morgan fingerprint density at radius 2 is 1.44 bits per heavy atom. The van der Waals surface area contributed by atoms with Gasteiger partial charge in [0, 0.05) is 6.42 Å². The molecule has 4 atom stereocenters. The molecule has 0 heterocycles. The second-order valence-electron chi connectivity index (χ2n) is 7.73. The maximum Gasteiger partial charge on any atom is 0.326 e. The van der Waals surface area contributed by atoms with Gasteiger partial charge in [0.2, 0.25) is 23.6 Å². The Hall–Kier alpha value is -2.38. The highest BCUT2D eigenvalue weighted by molar-refractivity contribution is 7.98. The minimum absolute atomic E-state index is 0.129. The second-order valence-corrected chi connectivity index (χ2v) is 8.71. The molecule has 4 amide bonds. The number of aliphatic carboxylic acids is 1. The van der Waals surface area contributed by atoms with Crippen LogP contribution in [0.4, 0.5) is 0 Å². The zero-order valence-electron chi connectivity index (χ0n) is 18.6. The molecule has 0 aromatic carbocycles. The normalized spacial score (nSPS) is 14.7. The van der Waals surface area contributed by atoms with Gasteiger partial charge in [0.1, 0.15) is 18.1 Å². The molecular weight excluding hydrogens is 442 g/mol. The first-order chi connectivity index (χ1) is 14.9. The Morgan fingerprint density at radius 3 is 1.91 bits per heavy atom. The Labute approximate surface area is 191 Å². The lowest BCUT2D eigenvalue weighted by Gasteiger charge is -2.24. The van der Waals surface area contributed by atoms with Crippen LogP contribution in [-0.2, 0) is 24.0 Å². The third-order valence-electron chi connectivity index (χ3n) is 4.42. The van der Waals surface area contributed by atoms with Crippen LogP contribution in [0.2, 0.25) is 0 Å². The minimum atomic E-state index is -1.46. The molecule has 32 heavy (non-hydrogen) atoms. The molecule has 0 spiro atoms. The molecule has 0 fully saturated rings. The fraction of sp³-hybridized carbons (Fsp3) is 0.737. The van der Waals surface area contributed by atoms with E-state index in [9.17, 15) is 34.2 Å². The number of carboxylic acids is 1.